The van der Waals surface area contributed by atoms with E-state index in [1.54, 1.807) is 18.6 Å². The van der Waals surface area contributed by atoms with Gasteiger partial charge in [-0.2, -0.15) is 0 Å². The van der Waals surface area contributed by atoms with Crippen molar-refractivity contribution in [1.82, 2.24) is 19.9 Å². The number of para-hydroxylation sites is 1. The molecule has 6 rings (SSSR count). The Morgan fingerprint density at radius 3 is 2.75 bits per heavy atom. The van der Waals surface area contributed by atoms with Crippen LogP contribution in [0.5, 0.6) is 23.3 Å². The van der Waals surface area contributed by atoms with Crippen molar-refractivity contribution >= 4 is 20.0 Å². The maximum absolute atomic E-state index is 5.98. The lowest BCUT2D eigenvalue weighted by molar-refractivity contribution is 0.436. The molecule has 0 amide bonds. The molecule has 0 spiro atoms. The van der Waals surface area contributed by atoms with Crippen molar-refractivity contribution in [2.75, 3.05) is 0 Å². The van der Waals surface area contributed by atoms with Crippen molar-refractivity contribution < 1.29 is 9.47 Å². The molecule has 0 unspecified atom stereocenters. The highest BCUT2D eigenvalue weighted by Crippen LogP contribution is 2.35. The molecule has 2 aliphatic heterocycles. The molecule has 28 heavy (non-hydrogen) atoms. The number of hydrogen-bond acceptors (Lipinski definition) is 6. The van der Waals surface area contributed by atoms with Gasteiger partial charge in [-0.1, -0.05) is 30.3 Å². The molecule has 0 atom stereocenters. The van der Waals surface area contributed by atoms with E-state index in [0.717, 1.165) is 45.8 Å². The number of aromatic nitrogens is 4. The topological polar surface area (TPSA) is 70.0 Å². The molecular weight excluding hydrogens is 368 g/mol. The SMILES string of the molecule is c1ccc2c(c1)Cc1ncc(-c3ccc4c(c3)Oc3nccnc3[SiH2]4)nc1O2. The largest absolute Gasteiger partial charge is 0.438 e. The van der Waals surface area contributed by atoms with Gasteiger partial charge in [0.1, 0.15) is 26.7 Å². The molecule has 7 heteroatoms. The zero-order valence-electron chi connectivity index (χ0n) is 14.8. The normalized spacial score (nSPS) is 14.1. The van der Waals surface area contributed by atoms with Crippen molar-refractivity contribution in [3.05, 3.63) is 72.3 Å². The summed E-state index contributed by atoms with van der Waals surface area (Å²) in [7, 11) is -0.696. The van der Waals surface area contributed by atoms with Crippen LogP contribution in [-0.4, -0.2) is 29.5 Å². The minimum absolute atomic E-state index is 0.570. The Kier molecular flexibility index (Phi) is 3.30. The molecule has 0 saturated carbocycles. The summed E-state index contributed by atoms with van der Waals surface area (Å²) in [6.07, 6.45) is 5.90. The number of fused-ring (bicyclic) bond motifs is 4. The molecule has 0 saturated heterocycles. The standard InChI is InChI=1S/C21H14N4O2Si/c1-2-4-16-13(3-1)9-14-19(26-16)25-15(11-24-14)12-5-6-18-17(10-12)27-20-21(28-18)23-8-7-22-20/h1-8,10-11H,9,28H2. The van der Waals surface area contributed by atoms with E-state index < -0.39 is 9.52 Å². The fourth-order valence-corrected chi connectivity index (χ4v) is 5.03. The van der Waals surface area contributed by atoms with Gasteiger partial charge in [0.2, 0.25) is 11.8 Å². The summed E-state index contributed by atoms with van der Waals surface area (Å²) in [6.45, 7) is 0. The van der Waals surface area contributed by atoms with Crippen LogP contribution < -0.4 is 20.0 Å². The second-order valence-corrected chi connectivity index (χ2v) is 8.59. The van der Waals surface area contributed by atoms with E-state index in [-0.39, 0.29) is 0 Å². The maximum atomic E-state index is 5.98. The van der Waals surface area contributed by atoms with Crippen LogP contribution >= 0.6 is 0 Å². The van der Waals surface area contributed by atoms with E-state index in [1.165, 1.54) is 5.19 Å². The zero-order chi connectivity index (χ0) is 18.5. The second kappa shape index (κ2) is 5.96. The van der Waals surface area contributed by atoms with E-state index in [0.29, 0.717) is 11.8 Å². The van der Waals surface area contributed by atoms with E-state index in [2.05, 4.69) is 33.2 Å². The number of rotatable bonds is 1. The van der Waals surface area contributed by atoms with Gasteiger partial charge in [-0.25, -0.2) is 9.97 Å². The third-order valence-electron chi connectivity index (χ3n) is 5.01. The Morgan fingerprint density at radius 1 is 0.857 bits per heavy atom. The first-order valence-corrected chi connectivity index (χ1v) is 10.5. The molecule has 4 heterocycles. The van der Waals surface area contributed by atoms with Crippen LogP contribution in [-0.2, 0) is 6.42 Å². The van der Waals surface area contributed by atoms with Crippen LogP contribution in [0.2, 0.25) is 0 Å². The highest BCUT2D eigenvalue weighted by atomic mass is 28.2. The molecule has 6 nitrogen and oxygen atoms in total. The average Bonchev–Trinajstić information content (AvgIpc) is 2.75. The molecule has 4 aromatic rings. The number of nitrogens with zero attached hydrogens (tertiary/aromatic N) is 4. The highest BCUT2D eigenvalue weighted by Gasteiger charge is 2.22. The first kappa shape index (κ1) is 15.5. The quantitative estimate of drug-likeness (QED) is 0.404. The van der Waals surface area contributed by atoms with Crippen LogP contribution in [0.3, 0.4) is 0 Å². The smallest absolute Gasteiger partial charge is 0.242 e. The first-order chi connectivity index (χ1) is 13.8. The molecular formula is C21H14N4O2Si. The van der Waals surface area contributed by atoms with Gasteiger partial charge in [-0.3, -0.25) is 9.97 Å². The number of ether oxygens (including phenoxy) is 2. The molecule has 0 aliphatic carbocycles. The van der Waals surface area contributed by atoms with Crippen molar-refractivity contribution in [2.24, 2.45) is 0 Å². The van der Waals surface area contributed by atoms with Crippen molar-refractivity contribution in [3.63, 3.8) is 0 Å². The van der Waals surface area contributed by atoms with Gasteiger partial charge >= 0.3 is 0 Å². The van der Waals surface area contributed by atoms with Crippen molar-refractivity contribution in [3.8, 4) is 34.5 Å². The predicted molar refractivity (Wildman–Crippen MR) is 107 cm³/mol. The molecule has 0 radical (unpaired) electrons. The van der Waals surface area contributed by atoms with Gasteiger partial charge in [0, 0.05) is 29.9 Å². The Morgan fingerprint density at radius 2 is 1.75 bits per heavy atom. The number of hydrogen-bond donors (Lipinski definition) is 0. The first-order valence-electron chi connectivity index (χ1n) is 9.06. The lowest BCUT2D eigenvalue weighted by atomic mass is 10.1. The van der Waals surface area contributed by atoms with Crippen LogP contribution in [0.4, 0.5) is 0 Å². The molecule has 2 aromatic heterocycles. The van der Waals surface area contributed by atoms with Gasteiger partial charge in [-0.05, 0) is 17.3 Å². The zero-order valence-corrected chi connectivity index (χ0v) is 16.2. The van der Waals surface area contributed by atoms with Crippen LogP contribution in [0.15, 0.2) is 61.1 Å². The fraction of sp³-hybridized carbons (Fsp3) is 0.0476. The molecule has 0 bridgehead atoms. The van der Waals surface area contributed by atoms with Crippen LogP contribution in [0.25, 0.3) is 11.3 Å². The van der Waals surface area contributed by atoms with Gasteiger partial charge < -0.3 is 9.47 Å². The Labute approximate surface area is 163 Å². The lowest BCUT2D eigenvalue weighted by Gasteiger charge is -2.20. The van der Waals surface area contributed by atoms with E-state index in [1.807, 2.05) is 24.3 Å². The van der Waals surface area contributed by atoms with Gasteiger partial charge in [0.15, 0.2) is 0 Å². The fourth-order valence-electron chi connectivity index (χ4n) is 3.57. The van der Waals surface area contributed by atoms with E-state index in [4.69, 9.17) is 14.5 Å². The van der Waals surface area contributed by atoms with Crippen LogP contribution in [0.1, 0.15) is 11.3 Å². The summed E-state index contributed by atoms with van der Waals surface area (Å²) in [4.78, 5) is 18.0. The summed E-state index contributed by atoms with van der Waals surface area (Å²) in [5.41, 5.74) is 3.69. The minimum atomic E-state index is -0.696. The van der Waals surface area contributed by atoms with Gasteiger partial charge in [0.05, 0.1) is 17.2 Å². The Balaban J connectivity index is 1.36. The third kappa shape index (κ3) is 2.48. The monoisotopic (exact) mass is 382 g/mol. The second-order valence-electron chi connectivity index (χ2n) is 6.80. The van der Waals surface area contributed by atoms with Crippen LogP contribution in [0, 0.1) is 0 Å². The Hall–Kier alpha value is -3.58. The third-order valence-corrected chi connectivity index (χ3v) is 6.80. The Bertz CT molecular complexity index is 1150. The van der Waals surface area contributed by atoms with Crippen molar-refractivity contribution in [1.29, 1.82) is 0 Å². The summed E-state index contributed by atoms with van der Waals surface area (Å²) >= 11 is 0. The molecule has 134 valence electrons. The molecule has 0 N–H and O–H groups in total. The van der Waals surface area contributed by atoms with E-state index in [9.17, 15) is 0 Å². The summed E-state index contributed by atoms with van der Waals surface area (Å²) in [6, 6.07) is 14.2. The van der Waals surface area contributed by atoms with Crippen molar-refractivity contribution in [2.45, 2.75) is 6.42 Å². The lowest BCUT2D eigenvalue weighted by Crippen LogP contribution is -2.36. The average molecular weight is 382 g/mol. The molecule has 0 fully saturated rings. The highest BCUT2D eigenvalue weighted by molar-refractivity contribution is 6.68. The number of benzene rings is 2. The maximum Gasteiger partial charge on any atom is 0.242 e. The molecule has 2 aliphatic rings. The van der Waals surface area contributed by atoms with Gasteiger partial charge in [0.25, 0.3) is 0 Å². The summed E-state index contributed by atoms with van der Waals surface area (Å²) < 4.78 is 12.0. The van der Waals surface area contributed by atoms with E-state index >= 15 is 0 Å². The minimum Gasteiger partial charge on any atom is -0.438 e. The summed E-state index contributed by atoms with van der Waals surface area (Å²) in [5.74, 6) is 2.87. The predicted octanol–water partition coefficient (Wildman–Crippen LogP) is 1.86. The molecule has 2 aromatic carbocycles. The van der Waals surface area contributed by atoms with Gasteiger partial charge in [-0.15, -0.1) is 0 Å². The summed E-state index contributed by atoms with van der Waals surface area (Å²) in [5, 5.41) is 2.20.